The van der Waals surface area contributed by atoms with Crippen LogP contribution in [0.3, 0.4) is 0 Å². The van der Waals surface area contributed by atoms with E-state index in [0.717, 1.165) is 44.9 Å². The second kappa shape index (κ2) is 6.32. The molecule has 2 fully saturated rings. The lowest BCUT2D eigenvalue weighted by atomic mass is 9.76. The molecule has 2 unspecified atom stereocenters. The third-order valence-electron chi connectivity index (χ3n) is 5.47. The number of likely N-dealkylation sites (N-methyl/N-ethyl adjacent to an activating group) is 1. The maximum absolute atomic E-state index is 12.9. The number of rotatable bonds is 4. The zero-order valence-corrected chi connectivity index (χ0v) is 13.8. The monoisotopic (exact) mass is 302 g/mol. The van der Waals surface area contributed by atoms with E-state index in [1.54, 1.807) is 11.4 Å². The first-order valence-electron chi connectivity index (χ1n) is 8.10. The topological polar surface area (TPSA) is 63.4 Å². The van der Waals surface area contributed by atoms with E-state index in [2.05, 4.69) is 6.92 Å². The molecule has 2 saturated carbocycles. The zero-order chi connectivity index (χ0) is 14.8. The molecule has 0 spiro atoms. The quantitative estimate of drug-likeness (QED) is 0.868. The molecule has 0 amide bonds. The van der Waals surface area contributed by atoms with Crippen molar-refractivity contribution in [3.05, 3.63) is 0 Å². The second-order valence-corrected chi connectivity index (χ2v) is 9.15. The summed E-state index contributed by atoms with van der Waals surface area (Å²) >= 11 is 0. The maximum Gasteiger partial charge on any atom is 0.217 e. The van der Waals surface area contributed by atoms with Crippen molar-refractivity contribution >= 4 is 10.0 Å². The minimum Gasteiger partial charge on any atom is -0.329 e. The fraction of sp³-hybridized carbons (Fsp3) is 1.00. The lowest BCUT2D eigenvalue weighted by molar-refractivity contribution is 0.126. The van der Waals surface area contributed by atoms with E-state index in [1.165, 1.54) is 12.8 Å². The van der Waals surface area contributed by atoms with Crippen LogP contribution in [0.25, 0.3) is 0 Å². The van der Waals surface area contributed by atoms with Gasteiger partial charge in [0.1, 0.15) is 0 Å². The standard InChI is InChI=1S/C15H30N2O2S/c1-13-7-6-10-15(11-13,12-16)17(2)20(18,19)14-8-4-3-5-9-14/h13-14H,3-12,16H2,1-2H3. The molecule has 0 aromatic rings. The van der Waals surface area contributed by atoms with Crippen LogP contribution in [0.4, 0.5) is 0 Å². The SMILES string of the molecule is CC1CCCC(CN)(N(C)S(=O)(=O)C2CCCCC2)C1. The van der Waals surface area contributed by atoms with Crippen molar-refractivity contribution in [3.63, 3.8) is 0 Å². The normalized spacial score (nSPS) is 33.5. The lowest BCUT2D eigenvalue weighted by Gasteiger charge is -2.46. The molecule has 118 valence electrons. The highest BCUT2D eigenvalue weighted by Gasteiger charge is 2.45. The molecular weight excluding hydrogens is 272 g/mol. The van der Waals surface area contributed by atoms with Gasteiger partial charge < -0.3 is 5.73 Å². The van der Waals surface area contributed by atoms with Gasteiger partial charge in [-0.05, 0) is 31.6 Å². The van der Waals surface area contributed by atoms with Crippen molar-refractivity contribution in [3.8, 4) is 0 Å². The van der Waals surface area contributed by atoms with Gasteiger partial charge in [0.15, 0.2) is 0 Å². The smallest absolute Gasteiger partial charge is 0.217 e. The number of hydrogen-bond acceptors (Lipinski definition) is 3. The van der Waals surface area contributed by atoms with Gasteiger partial charge in [-0.2, -0.15) is 4.31 Å². The van der Waals surface area contributed by atoms with Gasteiger partial charge >= 0.3 is 0 Å². The first kappa shape index (κ1) is 16.2. The third-order valence-corrected chi connectivity index (χ3v) is 7.94. The molecule has 4 nitrogen and oxygen atoms in total. The Morgan fingerprint density at radius 1 is 1.15 bits per heavy atom. The number of nitrogens with two attached hydrogens (primary N) is 1. The summed E-state index contributed by atoms with van der Waals surface area (Å²) in [6, 6.07) is 0. The molecule has 0 aliphatic heterocycles. The van der Waals surface area contributed by atoms with E-state index in [0.29, 0.717) is 12.5 Å². The predicted octanol–water partition coefficient (Wildman–Crippen LogP) is 2.49. The molecule has 2 N–H and O–H groups in total. The first-order chi connectivity index (χ1) is 9.42. The van der Waals surface area contributed by atoms with Crippen LogP contribution >= 0.6 is 0 Å². The van der Waals surface area contributed by atoms with Crippen molar-refractivity contribution < 1.29 is 8.42 Å². The van der Waals surface area contributed by atoms with Crippen LogP contribution in [0.1, 0.15) is 64.7 Å². The summed E-state index contributed by atoms with van der Waals surface area (Å²) in [5.41, 5.74) is 5.68. The van der Waals surface area contributed by atoms with E-state index >= 15 is 0 Å². The highest BCUT2D eigenvalue weighted by atomic mass is 32.2. The van der Waals surface area contributed by atoms with Crippen molar-refractivity contribution in [2.75, 3.05) is 13.6 Å². The average molecular weight is 302 g/mol. The molecule has 0 heterocycles. The Morgan fingerprint density at radius 3 is 2.35 bits per heavy atom. The number of nitrogens with zero attached hydrogens (tertiary/aromatic N) is 1. The van der Waals surface area contributed by atoms with Gasteiger partial charge in [0.25, 0.3) is 0 Å². The second-order valence-electron chi connectivity index (χ2n) is 6.90. The van der Waals surface area contributed by atoms with Gasteiger partial charge in [0.2, 0.25) is 10.0 Å². The molecule has 2 rings (SSSR count). The number of hydrogen-bond donors (Lipinski definition) is 1. The Bertz CT molecular complexity index is 418. The zero-order valence-electron chi connectivity index (χ0n) is 13.0. The Morgan fingerprint density at radius 2 is 1.80 bits per heavy atom. The largest absolute Gasteiger partial charge is 0.329 e. The predicted molar refractivity (Wildman–Crippen MR) is 83.0 cm³/mol. The fourth-order valence-corrected chi connectivity index (χ4v) is 6.25. The third kappa shape index (κ3) is 3.04. The van der Waals surface area contributed by atoms with Gasteiger partial charge in [0, 0.05) is 19.1 Å². The van der Waals surface area contributed by atoms with Crippen molar-refractivity contribution in [2.45, 2.75) is 75.5 Å². The van der Waals surface area contributed by atoms with Gasteiger partial charge in [-0.3, -0.25) is 0 Å². The van der Waals surface area contributed by atoms with Crippen LogP contribution in [0, 0.1) is 5.92 Å². The molecule has 0 bridgehead atoms. The van der Waals surface area contributed by atoms with Crippen LogP contribution < -0.4 is 5.73 Å². The summed E-state index contributed by atoms with van der Waals surface area (Å²) in [7, 11) is -1.43. The van der Waals surface area contributed by atoms with Crippen LogP contribution in [-0.4, -0.2) is 37.1 Å². The highest BCUT2D eigenvalue weighted by Crippen LogP contribution is 2.39. The van der Waals surface area contributed by atoms with Crippen molar-refractivity contribution in [1.29, 1.82) is 0 Å². The van der Waals surface area contributed by atoms with Gasteiger partial charge in [-0.1, -0.05) is 39.0 Å². The van der Waals surface area contributed by atoms with E-state index in [4.69, 9.17) is 5.73 Å². The minimum absolute atomic E-state index is 0.179. The van der Waals surface area contributed by atoms with Crippen molar-refractivity contribution in [2.24, 2.45) is 11.7 Å². The average Bonchev–Trinajstić information content (AvgIpc) is 2.47. The van der Waals surface area contributed by atoms with Crippen molar-refractivity contribution in [1.82, 2.24) is 4.31 Å². The molecule has 2 atom stereocenters. The fourth-order valence-electron chi connectivity index (χ4n) is 4.09. The Balaban J connectivity index is 2.20. The van der Waals surface area contributed by atoms with Crippen LogP contribution in [0.15, 0.2) is 0 Å². The maximum atomic E-state index is 12.9. The van der Waals surface area contributed by atoms with E-state index in [9.17, 15) is 8.42 Å². The van der Waals surface area contributed by atoms with E-state index in [-0.39, 0.29) is 10.8 Å². The summed E-state index contributed by atoms with van der Waals surface area (Å²) in [5, 5.41) is -0.179. The molecule has 2 aliphatic rings. The van der Waals surface area contributed by atoms with E-state index < -0.39 is 10.0 Å². The molecule has 5 heteroatoms. The molecule has 0 radical (unpaired) electrons. The van der Waals surface area contributed by atoms with Crippen LogP contribution in [0.5, 0.6) is 0 Å². The first-order valence-corrected chi connectivity index (χ1v) is 9.60. The molecule has 0 aromatic carbocycles. The summed E-state index contributed by atoms with van der Waals surface area (Å²) in [5.74, 6) is 0.566. The molecule has 20 heavy (non-hydrogen) atoms. The summed E-state index contributed by atoms with van der Waals surface area (Å²) in [6.07, 6.45) is 9.01. The van der Waals surface area contributed by atoms with Crippen LogP contribution in [-0.2, 0) is 10.0 Å². The van der Waals surface area contributed by atoms with E-state index in [1.807, 2.05) is 0 Å². The molecule has 2 aliphatic carbocycles. The Hall–Kier alpha value is -0.130. The van der Waals surface area contributed by atoms with Gasteiger partial charge in [-0.25, -0.2) is 8.42 Å². The summed E-state index contributed by atoms with van der Waals surface area (Å²) in [6.45, 7) is 2.66. The van der Waals surface area contributed by atoms with Gasteiger partial charge in [0.05, 0.1) is 5.25 Å². The highest BCUT2D eigenvalue weighted by molar-refractivity contribution is 7.89. The molecule has 0 saturated heterocycles. The Kier molecular flexibility index (Phi) is 5.14. The Labute approximate surface area is 124 Å². The lowest BCUT2D eigenvalue weighted by Crippen LogP contribution is -2.58. The number of sulfonamides is 1. The molecule has 0 aromatic heterocycles. The summed E-state index contributed by atoms with van der Waals surface area (Å²) in [4.78, 5) is 0. The summed E-state index contributed by atoms with van der Waals surface area (Å²) < 4.78 is 27.5. The molecular formula is C15H30N2O2S. The van der Waals surface area contributed by atoms with Crippen LogP contribution in [0.2, 0.25) is 0 Å². The van der Waals surface area contributed by atoms with Gasteiger partial charge in [-0.15, -0.1) is 0 Å². The minimum atomic E-state index is -3.20.